The molecule has 3 rings (SSSR count). The van der Waals surface area contributed by atoms with Crippen molar-refractivity contribution >= 4 is 11.8 Å². The molecular weight excluding hydrogens is 366 g/mol. The molecule has 6 nitrogen and oxygen atoms in total. The van der Waals surface area contributed by atoms with Gasteiger partial charge in [0.1, 0.15) is 12.4 Å². The molecule has 6 heteroatoms. The van der Waals surface area contributed by atoms with Crippen molar-refractivity contribution in [1.82, 2.24) is 15.1 Å². The number of hydrogen-bond acceptors (Lipinski definition) is 4. The highest BCUT2D eigenvalue weighted by molar-refractivity contribution is 5.94. The van der Waals surface area contributed by atoms with Gasteiger partial charge in [-0.3, -0.25) is 14.5 Å². The number of carbonyl (C=O) groups is 2. The van der Waals surface area contributed by atoms with Crippen molar-refractivity contribution < 1.29 is 14.3 Å². The summed E-state index contributed by atoms with van der Waals surface area (Å²) in [5, 5.41) is 2.89. The minimum Gasteiger partial charge on any atom is -0.489 e. The Bertz CT molecular complexity index is 785. The summed E-state index contributed by atoms with van der Waals surface area (Å²) in [4.78, 5) is 28.5. The van der Waals surface area contributed by atoms with Gasteiger partial charge in [-0.25, -0.2) is 0 Å². The van der Waals surface area contributed by atoms with Gasteiger partial charge in [0, 0.05) is 38.3 Å². The monoisotopic (exact) mass is 395 g/mol. The first-order valence-corrected chi connectivity index (χ1v) is 10.2. The van der Waals surface area contributed by atoms with Crippen LogP contribution in [0.3, 0.4) is 0 Å². The van der Waals surface area contributed by atoms with Gasteiger partial charge < -0.3 is 15.0 Å². The molecule has 0 spiro atoms. The fraction of sp³-hybridized carbons (Fsp3) is 0.391. The van der Waals surface area contributed by atoms with E-state index in [2.05, 4.69) is 10.2 Å². The van der Waals surface area contributed by atoms with Crippen LogP contribution in [-0.4, -0.2) is 60.9 Å². The molecule has 1 aliphatic rings. The lowest BCUT2D eigenvalue weighted by Gasteiger charge is -2.34. The fourth-order valence-electron chi connectivity index (χ4n) is 3.25. The van der Waals surface area contributed by atoms with Crippen LogP contribution in [0.25, 0.3) is 0 Å². The van der Waals surface area contributed by atoms with Crippen LogP contribution in [-0.2, 0) is 11.4 Å². The lowest BCUT2D eigenvalue weighted by Crippen LogP contribution is -2.51. The fourth-order valence-corrected chi connectivity index (χ4v) is 3.25. The first-order valence-electron chi connectivity index (χ1n) is 10.2. The Hall–Kier alpha value is -2.86. The molecule has 0 unspecified atom stereocenters. The average Bonchev–Trinajstić information content (AvgIpc) is 2.77. The number of carbonyl (C=O) groups excluding carboxylic acids is 2. The second kappa shape index (κ2) is 10.6. The van der Waals surface area contributed by atoms with Gasteiger partial charge in [-0.05, 0) is 36.2 Å². The zero-order valence-corrected chi connectivity index (χ0v) is 17.0. The van der Waals surface area contributed by atoms with E-state index >= 15 is 0 Å². The van der Waals surface area contributed by atoms with E-state index in [-0.39, 0.29) is 11.8 Å². The van der Waals surface area contributed by atoms with Crippen molar-refractivity contribution in [3.63, 3.8) is 0 Å². The van der Waals surface area contributed by atoms with E-state index in [0.29, 0.717) is 51.4 Å². The van der Waals surface area contributed by atoms with Crippen LogP contribution in [0.15, 0.2) is 54.6 Å². The number of ether oxygens (including phenoxy) is 1. The standard InChI is InChI=1S/C23H29N3O3/c1-2-12-24-22(27)17-25-13-15-26(16-14-25)23(28)20-8-10-21(11-9-20)29-18-19-6-4-3-5-7-19/h3-11H,2,12-18H2,1H3,(H,24,27). The average molecular weight is 396 g/mol. The van der Waals surface area contributed by atoms with Crippen molar-refractivity contribution in [2.24, 2.45) is 0 Å². The molecule has 2 amide bonds. The molecule has 0 atom stereocenters. The molecule has 154 valence electrons. The molecule has 1 saturated heterocycles. The smallest absolute Gasteiger partial charge is 0.253 e. The number of piperazine rings is 1. The summed E-state index contributed by atoms with van der Waals surface area (Å²) in [7, 11) is 0. The van der Waals surface area contributed by atoms with Crippen molar-refractivity contribution in [3.05, 3.63) is 65.7 Å². The van der Waals surface area contributed by atoms with Crippen LogP contribution in [0.5, 0.6) is 5.75 Å². The van der Waals surface area contributed by atoms with Gasteiger partial charge in [0.05, 0.1) is 6.54 Å². The first-order chi connectivity index (χ1) is 14.2. The number of amides is 2. The Morgan fingerprint density at radius 3 is 2.31 bits per heavy atom. The largest absolute Gasteiger partial charge is 0.489 e. The number of benzene rings is 2. The predicted molar refractivity (Wildman–Crippen MR) is 113 cm³/mol. The van der Waals surface area contributed by atoms with Crippen LogP contribution >= 0.6 is 0 Å². The van der Waals surface area contributed by atoms with E-state index in [1.165, 1.54) is 0 Å². The molecule has 0 radical (unpaired) electrons. The van der Waals surface area contributed by atoms with E-state index in [0.717, 1.165) is 17.7 Å². The highest BCUT2D eigenvalue weighted by atomic mass is 16.5. The van der Waals surface area contributed by atoms with Crippen molar-refractivity contribution in [2.75, 3.05) is 39.3 Å². The molecule has 1 fully saturated rings. The topological polar surface area (TPSA) is 61.9 Å². The molecule has 0 saturated carbocycles. The van der Waals surface area contributed by atoms with E-state index in [1.807, 2.05) is 66.4 Å². The second-order valence-corrected chi connectivity index (χ2v) is 7.22. The molecule has 0 aromatic heterocycles. The molecule has 29 heavy (non-hydrogen) atoms. The summed E-state index contributed by atoms with van der Waals surface area (Å²) in [5.74, 6) is 0.820. The Kier molecular flexibility index (Phi) is 7.64. The van der Waals surface area contributed by atoms with Crippen molar-refractivity contribution in [3.8, 4) is 5.75 Å². The highest BCUT2D eigenvalue weighted by Gasteiger charge is 2.23. The summed E-state index contributed by atoms with van der Waals surface area (Å²) in [6.07, 6.45) is 0.935. The zero-order valence-electron chi connectivity index (χ0n) is 17.0. The quantitative estimate of drug-likeness (QED) is 0.746. The van der Waals surface area contributed by atoms with Gasteiger partial charge in [-0.15, -0.1) is 0 Å². The van der Waals surface area contributed by atoms with Gasteiger partial charge in [0.15, 0.2) is 0 Å². The third-order valence-corrected chi connectivity index (χ3v) is 4.95. The number of nitrogens with one attached hydrogen (secondary N) is 1. The molecule has 2 aromatic carbocycles. The summed E-state index contributed by atoms with van der Waals surface area (Å²) < 4.78 is 5.78. The summed E-state index contributed by atoms with van der Waals surface area (Å²) in [6.45, 7) is 6.33. The Morgan fingerprint density at radius 1 is 0.966 bits per heavy atom. The van der Waals surface area contributed by atoms with Crippen LogP contribution in [0, 0.1) is 0 Å². The van der Waals surface area contributed by atoms with Gasteiger partial charge in [-0.2, -0.15) is 0 Å². The molecule has 1 N–H and O–H groups in total. The maximum absolute atomic E-state index is 12.7. The lowest BCUT2D eigenvalue weighted by atomic mass is 10.1. The summed E-state index contributed by atoms with van der Waals surface area (Å²) in [5.41, 5.74) is 1.76. The van der Waals surface area contributed by atoms with Crippen LogP contribution < -0.4 is 10.1 Å². The highest BCUT2D eigenvalue weighted by Crippen LogP contribution is 2.16. The van der Waals surface area contributed by atoms with Gasteiger partial charge in [0.2, 0.25) is 5.91 Å². The third kappa shape index (κ3) is 6.32. The predicted octanol–water partition coefficient (Wildman–Crippen LogP) is 2.55. The summed E-state index contributed by atoms with van der Waals surface area (Å²) >= 11 is 0. The normalized spacial score (nSPS) is 14.4. The van der Waals surface area contributed by atoms with Crippen molar-refractivity contribution in [2.45, 2.75) is 20.0 Å². The molecular formula is C23H29N3O3. The third-order valence-electron chi connectivity index (χ3n) is 4.95. The zero-order chi connectivity index (χ0) is 20.5. The Balaban J connectivity index is 1.45. The maximum atomic E-state index is 12.7. The molecule has 0 aliphatic carbocycles. The van der Waals surface area contributed by atoms with E-state index in [1.54, 1.807) is 0 Å². The lowest BCUT2D eigenvalue weighted by molar-refractivity contribution is -0.122. The molecule has 2 aromatic rings. The minimum atomic E-state index is 0.0229. The molecule has 0 bridgehead atoms. The maximum Gasteiger partial charge on any atom is 0.253 e. The first kappa shape index (κ1) is 20.9. The Labute approximate surface area is 172 Å². The van der Waals surface area contributed by atoms with Gasteiger partial charge in [-0.1, -0.05) is 37.3 Å². The number of nitrogens with zero attached hydrogens (tertiary/aromatic N) is 2. The van der Waals surface area contributed by atoms with Gasteiger partial charge in [0.25, 0.3) is 5.91 Å². The summed E-state index contributed by atoms with van der Waals surface area (Å²) in [6, 6.07) is 17.3. The van der Waals surface area contributed by atoms with E-state index < -0.39 is 0 Å². The number of hydrogen-bond donors (Lipinski definition) is 1. The van der Waals surface area contributed by atoms with E-state index in [9.17, 15) is 9.59 Å². The van der Waals surface area contributed by atoms with Crippen LogP contribution in [0.2, 0.25) is 0 Å². The molecule has 1 heterocycles. The van der Waals surface area contributed by atoms with Crippen LogP contribution in [0.1, 0.15) is 29.3 Å². The van der Waals surface area contributed by atoms with Crippen LogP contribution in [0.4, 0.5) is 0 Å². The Morgan fingerprint density at radius 2 is 1.66 bits per heavy atom. The van der Waals surface area contributed by atoms with Gasteiger partial charge >= 0.3 is 0 Å². The SMILES string of the molecule is CCCNC(=O)CN1CCN(C(=O)c2ccc(OCc3ccccc3)cc2)CC1. The second-order valence-electron chi connectivity index (χ2n) is 7.22. The minimum absolute atomic E-state index is 0.0229. The van der Waals surface area contributed by atoms with E-state index in [4.69, 9.17) is 4.74 Å². The number of rotatable bonds is 8. The van der Waals surface area contributed by atoms with Crippen molar-refractivity contribution in [1.29, 1.82) is 0 Å². The molecule has 1 aliphatic heterocycles.